The van der Waals surface area contributed by atoms with Crippen LogP contribution in [0, 0.1) is 0 Å². The van der Waals surface area contributed by atoms with Crippen molar-refractivity contribution in [2.75, 3.05) is 12.8 Å². The zero-order valence-corrected chi connectivity index (χ0v) is 8.20. The number of rotatable bonds is 4. The van der Waals surface area contributed by atoms with Gasteiger partial charge in [0, 0.05) is 6.16 Å². The number of aliphatic hydroxyl groups is 1. The van der Waals surface area contributed by atoms with E-state index in [4.69, 9.17) is 5.11 Å². The predicted octanol–water partition coefficient (Wildman–Crippen LogP) is -1.70. The van der Waals surface area contributed by atoms with E-state index in [2.05, 4.69) is 4.31 Å². The Morgan fingerprint density at radius 3 is 2.36 bits per heavy atom. The molecule has 0 aliphatic carbocycles. The van der Waals surface area contributed by atoms with E-state index in [1.165, 1.54) is 0 Å². The molecule has 11 heavy (non-hydrogen) atoms. The smallest absolute Gasteiger partial charge is 0.781 e. The molecule has 0 bridgehead atoms. The minimum atomic E-state index is -4.33. The van der Waals surface area contributed by atoms with E-state index in [-0.39, 0.29) is 17.1 Å². The minimum Gasteiger partial charge on any atom is -0.781 e. The molecule has 0 aromatic heterocycles. The Labute approximate surface area is 74.5 Å². The van der Waals surface area contributed by atoms with Crippen molar-refractivity contribution in [1.29, 1.82) is 0 Å². The Balaban J connectivity index is 0. The van der Waals surface area contributed by atoms with Gasteiger partial charge in [0.1, 0.15) is 15.9 Å². The Kier molecular flexibility index (Phi) is 8.28. The van der Waals surface area contributed by atoms with Crippen molar-refractivity contribution in [3.05, 3.63) is 0 Å². The maximum atomic E-state index is 10.3. The fourth-order valence-corrected chi connectivity index (χ4v) is 1.80. The van der Waals surface area contributed by atoms with Crippen LogP contribution < -0.4 is 9.79 Å². The summed E-state index contributed by atoms with van der Waals surface area (Å²) in [5.41, 5.74) is 0. The standard InChI is InChI=1S/C2H8O6P2.Fe/c3-1-2-10(6,7)8-9(4)5;/h3,9H,1-2H2,(H,4,5)(H,6,7);/q;+2/p-2. The summed E-state index contributed by atoms with van der Waals surface area (Å²) in [5, 5.41) is 8.07. The second kappa shape index (κ2) is 6.35. The van der Waals surface area contributed by atoms with Crippen LogP contribution in [0.1, 0.15) is 0 Å². The second-order valence-electron chi connectivity index (χ2n) is 1.40. The van der Waals surface area contributed by atoms with Crippen LogP contribution in [0.5, 0.6) is 0 Å². The van der Waals surface area contributed by atoms with Gasteiger partial charge in [0.2, 0.25) is 0 Å². The average molecular weight is 244 g/mol. The summed E-state index contributed by atoms with van der Waals surface area (Å²) in [5.74, 6) is 0. The molecule has 0 aromatic carbocycles. The first-order chi connectivity index (χ1) is 4.48. The quantitative estimate of drug-likeness (QED) is 0.466. The van der Waals surface area contributed by atoms with Crippen LogP contribution in [0.25, 0.3) is 0 Å². The fourth-order valence-electron chi connectivity index (χ4n) is 0.282. The largest absolute Gasteiger partial charge is 2.00 e. The minimum absolute atomic E-state index is 0. The van der Waals surface area contributed by atoms with Gasteiger partial charge in [-0.05, 0) is 0 Å². The molecule has 9 heteroatoms. The number of hydrogen-bond acceptors (Lipinski definition) is 6. The predicted molar refractivity (Wildman–Crippen MR) is 29.6 cm³/mol. The molecule has 0 fully saturated rings. The van der Waals surface area contributed by atoms with Crippen LogP contribution in [0.2, 0.25) is 0 Å². The monoisotopic (exact) mass is 244 g/mol. The first-order valence-corrected chi connectivity index (χ1v) is 5.25. The zero-order chi connectivity index (χ0) is 8.20. The van der Waals surface area contributed by atoms with Crippen LogP contribution in [0.4, 0.5) is 0 Å². The molecule has 0 rings (SSSR count). The van der Waals surface area contributed by atoms with Crippen LogP contribution in [-0.2, 0) is 30.5 Å². The first kappa shape index (κ1) is 14.3. The van der Waals surface area contributed by atoms with Crippen LogP contribution in [0.15, 0.2) is 0 Å². The molecule has 0 aromatic rings. The van der Waals surface area contributed by atoms with Gasteiger partial charge in [-0.3, -0.25) is 4.31 Å². The molecule has 2 atom stereocenters. The molecule has 0 heterocycles. The molecule has 6 nitrogen and oxygen atoms in total. The van der Waals surface area contributed by atoms with Crippen LogP contribution in [0.3, 0.4) is 0 Å². The van der Waals surface area contributed by atoms with Gasteiger partial charge in [-0.25, -0.2) is 0 Å². The maximum absolute atomic E-state index is 10.3. The summed E-state index contributed by atoms with van der Waals surface area (Å²) in [4.78, 5) is 20.0. The molecule has 1 N–H and O–H groups in total. The SMILES string of the molecule is O=[PH]([O-])OP(=O)([O-])CCO.[Fe+2]. The van der Waals surface area contributed by atoms with Gasteiger partial charge in [0.15, 0.2) is 0 Å². The Morgan fingerprint density at radius 2 is 2.09 bits per heavy atom. The maximum Gasteiger partial charge on any atom is 2.00 e. The third-order valence-corrected chi connectivity index (χ3v) is 3.04. The summed E-state index contributed by atoms with van der Waals surface area (Å²) in [6, 6.07) is 0. The van der Waals surface area contributed by atoms with Crippen LogP contribution >= 0.6 is 15.9 Å². The van der Waals surface area contributed by atoms with Gasteiger partial charge >= 0.3 is 17.1 Å². The molecule has 0 aliphatic heterocycles. The Morgan fingerprint density at radius 1 is 1.64 bits per heavy atom. The molecule has 0 saturated heterocycles. The number of hydrogen-bond donors (Lipinski definition) is 1. The molecule has 0 aliphatic rings. The molecular weight excluding hydrogens is 238 g/mol. The summed E-state index contributed by atoms with van der Waals surface area (Å²) in [7, 11) is -8.03. The van der Waals surface area contributed by atoms with Crippen molar-refractivity contribution in [3.8, 4) is 0 Å². The fraction of sp³-hybridized carbons (Fsp3) is 1.00. The van der Waals surface area contributed by atoms with E-state index in [0.717, 1.165) is 0 Å². The van der Waals surface area contributed by atoms with Gasteiger partial charge in [0.05, 0.1) is 6.61 Å². The van der Waals surface area contributed by atoms with Gasteiger partial charge in [-0.15, -0.1) is 0 Å². The molecule has 0 saturated carbocycles. The second-order valence-corrected chi connectivity index (χ2v) is 4.30. The molecule has 0 radical (unpaired) electrons. The summed E-state index contributed by atoms with van der Waals surface area (Å²) in [6.07, 6.45) is -0.675. The van der Waals surface area contributed by atoms with Gasteiger partial charge in [-0.1, -0.05) is 0 Å². The van der Waals surface area contributed by atoms with E-state index in [1.54, 1.807) is 0 Å². The van der Waals surface area contributed by atoms with E-state index in [9.17, 15) is 18.9 Å². The summed E-state index contributed by atoms with van der Waals surface area (Å²) in [6.45, 7) is -0.643. The first-order valence-electron chi connectivity index (χ1n) is 2.29. The van der Waals surface area contributed by atoms with Gasteiger partial charge in [0.25, 0.3) is 0 Å². The van der Waals surface area contributed by atoms with Crippen molar-refractivity contribution in [3.63, 3.8) is 0 Å². The zero-order valence-electron chi connectivity index (χ0n) is 5.20. The average Bonchev–Trinajstić information content (AvgIpc) is 1.59. The normalized spacial score (nSPS) is 18.1. The topological polar surface area (TPSA) is 110 Å². The van der Waals surface area contributed by atoms with Crippen molar-refractivity contribution < 1.29 is 45.4 Å². The molecule has 2 unspecified atom stereocenters. The number of aliphatic hydroxyl groups excluding tert-OH is 1. The van der Waals surface area contributed by atoms with Gasteiger partial charge < -0.3 is 24.0 Å². The Hall–Kier alpha value is 0.819. The molecule has 0 amide bonds. The van der Waals surface area contributed by atoms with Crippen molar-refractivity contribution in [2.24, 2.45) is 0 Å². The summed E-state index contributed by atoms with van der Waals surface area (Å²) < 4.78 is 23.5. The van der Waals surface area contributed by atoms with Crippen molar-refractivity contribution in [2.45, 2.75) is 0 Å². The van der Waals surface area contributed by atoms with Crippen molar-refractivity contribution in [1.82, 2.24) is 0 Å². The van der Waals surface area contributed by atoms with E-state index in [1.807, 2.05) is 0 Å². The van der Waals surface area contributed by atoms with Gasteiger partial charge in [-0.2, -0.15) is 0 Å². The third kappa shape index (κ3) is 8.73. The van der Waals surface area contributed by atoms with Crippen molar-refractivity contribution >= 4 is 15.9 Å². The van der Waals surface area contributed by atoms with E-state index in [0.29, 0.717) is 0 Å². The van der Waals surface area contributed by atoms with E-state index < -0.39 is 28.6 Å². The van der Waals surface area contributed by atoms with E-state index >= 15 is 0 Å². The summed E-state index contributed by atoms with van der Waals surface area (Å²) >= 11 is 0. The molecule has 68 valence electrons. The van der Waals surface area contributed by atoms with Crippen LogP contribution in [-0.4, -0.2) is 17.9 Å². The Bertz CT molecular complexity index is 170. The molecule has 0 spiro atoms. The molecular formula is C2H6FeO6P2. The third-order valence-electron chi connectivity index (χ3n) is 0.587.